The Balaban J connectivity index is 2.10. The standard InChI is InChI=1S/C15H22N2O4/c1-20-12-5-4-11(10-13(12)21-9-8-18)17-14(19)15(16)6-2-3-7-15/h4-5,10,18H,2-3,6-9,16H2,1H3,(H,17,19). The second-order valence-corrected chi connectivity index (χ2v) is 5.26. The maximum Gasteiger partial charge on any atom is 0.244 e. The molecular weight excluding hydrogens is 272 g/mol. The Morgan fingerprint density at radius 1 is 1.38 bits per heavy atom. The van der Waals surface area contributed by atoms with Gasteiger partial charge < -0.3 is 25.6 Å². The van der Waals surface area contributed by atoms with Gasteiger partial charge in [-0.2, -0.15) is 0 Å². The predicted octanol–water partition coefficient (Wildman–Crippen LogP) is 1.28. The Labute approximate surface area is 124 Å². The maximum absolute atomic E-state index is 12.3. The number of methoxy groups -OCH3 is 1. The zero-order valence-electron chi connectivity index (χ0n) is 12.2. The smallest absolute Gasteiger partial charge is 0.244 e. The predicted molar refractivity (Wildman–Crippen MR) is 79.6 cm³/mol. The van der Waals surface area contributed by atoms with Crippen LogP contribution in [0.4, 0.5) is 5.69 Å². The third-order valence-corrected chi connectivity index (χ3v) is 3.72. The van der Waals surface area contributed by atoms with Crippen LogP contribution in [-0.4, -0.2) is 36.9 Å². The van der Waals surface area contributed by atoms with E-state index in [1.165, 1.54) is 7.11 Å². The van der Waals surface area contributed by atoms with Crippen LogP contribution in [0.15, 0.2) is 18.2 Å². The van der Waals surface area contributed by atoms with Gasteiger partial charge in [0, 0.05) is 11.8 Å². The zero-order valence-corrected chi connectivity index (χ0v) is 12.2. The molecule has 6 heteroatoms. The summed E-state index contributed by atoms with van der Waals surface area (Å²) < 4.78 is 10.6. The van der Waals surface area contributed by atoms with E-state index in [9.17, 15) is 4.79 Å². The number of ether oxygens (including phenoxy) is 2. The van der Waals surface area contributed by atoms with E-state index in [0.29, 0.717) is 30.0 Å². The molecule has 0 saturated heterocycles. The molecule has 0 spiro atoms. The third-order valence-electron chi connectivity index (χ3n) is 3.72. The van der Waals surface area contributed by atoms with Crippen molar-refractivity contribution in [3.8, 4) is 11.5 Å². The summed E-state index contributed by atoms with van der Waals surface area (Å²) in [6, 6.07) is 5.12. The van der Waals surface area contributed by atoms with E-state index in [4.69, 9.17) is 20.3 Å². The summed E-state index contributed by atoms with van der Waals surface area (Å²) in [6.45, 7) is 0.0697. The van der Waals surface area contributed by atoms with E-state index in [1.807, 2.05) is 0 Å². The molecule has 0 bridgehead atoms. The summed E-state index contributed by atoms with van der Waals surface area (Å²) in [5.74, 6) is 0.852. The highest BCUT2D eigenvalue weighted by Crippen LogP contribution is 2.32. The van der Waals surface area contributed by atoms with E-state index >= 15 is 0 Å². The van der Waals surface area contributed by atoms with Gasteiger partial charge in [0.25, 0.3) is 0 Å². The summed E-state index contributed by atoms with van der Waals surface area (Å²) in [7, 11) is 1.53. The lowest BCUT2D eigenvalue weighted by Crippen LogP contribution is -2.48. The number of anilines is 1. The largest absolute Gasteiger partial charge is 0.493 e. The van der Waals surface area contributed by atoms with Crippen molar-refractivity contribution in [2.75, 3.05) is 25.6 Å². The molecule has 4 N–H and O–H groups in total. The Hall–Kier alpha value is -1.79. The van der Waals surface area contributed by atoms with Gasteiger partial charge in [0.1, 0.15) is 6.61 Å². The molecule has 1 aliphatic rings. The molecule has 1 aliphatic carbocycles. The summed E-state index contributed by atoms with van der Waals surface area (Å²) in [4.78, 5) is 12.3. The Kier molecular flexibility index (Phi) is 5.03. The number of amides is 1. The number of rotatable bonds is 6. The van der Waals surface area contributed by atoms with Crippen LogP contribution in [0.2, 0.25) is 0 Å². The van der Waals surface area contributed by atoms with E-state index in [-0.39, 0.29) is 19.1 Å². The number of carbonyl (C=O) groups excluding carboxylic acids is 1. The van der Waals surface area contributed by atoms with Crippen LogP contribution < -0.4 is 20.5 Å². The second-order valence-electron chi connectivity index (χ2n) is 5.26. The molecule has 2 rings (SSSR count). The Morgan fingerprint density at radius 3 is 2.71 bits per heavy atom. The van der Waals surface area contributed by atoms with Crippen molar-refractivity contribution < 1.29 is 19.4 Å². The van der Waals surface area contributed by atoms with Crippen LogP contribution in [-0.2, 0) is 4.79 Å². The molecule has 0 heterocycles. The van der Waals surface area contributed by atoms with Crippen molar-refractivity contribution in [2.24, 2.45) is 5.73 Å². The topological polar surface area (TPSA) is 93.8 Å². The Bertz CT molecular complexity index is 498. The van der Waals surface area contributed by atoms with Gasteiger partial charge >= 0.3 is 0 Å². The van der Waals surface area contributed by atoms with Gasteiger partial charge in [0.05, 0.1) is 19.3 Å². The molecule has 1 aromatic carbocycles. The van der Waals surface area contributed by atoms with Gasteiger partial charge in [-0.05, 0) is 25.0 Å². The van der Waals surface area contributed by atoms with Crippen molar-refractivity contribution >= 4 is 11.6 Å². The first-order valence-corrected chi connectivity index (χ1v) is 7.11. The number of carbonyl (C=O) groups is 1. The minimum absolute atomic E-state index is 0.0916. The van der Waals surface area contributed by atoms with Gasteiger partial charge in [-0.15, -0.1) is 0 Å². The number of benzene rings is 1. The summed E-state index contributed by atoms with van der Waals surface area (Å²) in [5.41, 5.74) is 5.95. The zero-order chi connectivity index (χ0) is 15.3. The summed E-state index contributed by atoms with van der Waals surface area (Å²) in [6.07, 6.45) is 3.39. The SMILES string of the molecule is COc1ccc(NC(=O)C2(N)CCCC2)cc1OCCO. The highest BCUT2D eigenvalue weighted by Gasteiger charge is 2.37. The molecule has 21 heavy (non-hydrogen) atoms. The minimum Gasteiger partial charge on any atom is -0.493 e. The second kappa shape index (κ2) is 6.78. The number of nitrogens with two attached hydrogens (primary N) is 1. The van der Waals surface area contributed by atoms with Crippen molar-refractivity contribution in [3.63, 3.8) is 0 Å². The highest BCUT2D eigenvalue weighted by molar-refractivity contribution is 5.98. The minimum atomic E-state index is -0.772. The first-order chi connectivity index (χ1) is 10.1. The first kappa shape index (κ1) is 15.6. The van der Waals surface area contributed by atoms with Gasteiger partial charge in [-0.3, -0.25) is 4.79 Å². The van der Waals surface area contributed by atoms with Crippen LogP contribution in [0.3, 0.4) is 0 Å². The molecular formula is C15H22N2O4. The number of aliphatic hydroxyl groups excluding tert-OH is 1. The molecule has 0 atom stereocenters. The quantitative estimate of drug-likeness (QED) is 0.734. The van der Waals surface area contributed by atoms with Crippen LogP contribution in [0.25, 0.3) is 0 Å². The third kappa shape index (κ3) is 3.65. The number of aliphatic hydroxyl groups is 1. The molecule has 0 unspecified atom stereocenters. The van der Waals surface area contributed by atoms with Crippen LogP contribution in [0.1, 0.15) is 25.7 Å². The lowest BCUT2D eigenvalue weighted by Gasteiger charge is -2.22. The van der Waals surface area contributed by atoms with Crippen LogP contribution in [0, 0.1) is 0 Å². The van der Waals surface area contributed by atoms with Crippen LogP contribution in [0.5, 0.6) is 11.5 Å². The lowest BCUT2D eigenvalue weighted by atomic mass is 9.98. The van der Waals surface area contributed by atoms with Gasteiger partial charge in [-0.1, -0.05) is 12.8 Å². The molecule has 6 nitrogen and oxygen atoms in total. The fourth-order valence-corrected chi connectivity index (χ4v) is 2.51. The highest BCUT2D eigenvalue weighted by atomic mass is 16.5. The van der Waals surface area contributed by atoms with E-state index in [0.717, 1.165) is 12.8 Å². The van der Waals surface area contributed by atoms with E-state index in [1.54, 1.807) is 18.2 Å². The number of hydrogen-bond donors (Lipinski definition) is 3. The van der Waals surface area contributed by atoms with Crippen molar-refractivity contribution in [1.29, 1.82) is 0 Å². The van der Waals surface area contributed by atoms with Crippen molar-refractivity contribution in [2.45, 2.75) is 31.2 Å². The summed E-state index contributed by atoms with van der Waals surface area (Å²) in [5, 5.41) is 11.7. The fraction of sp³-hybridized carbons (Fsp3) is 0.533. The molecule has 116 valence electrons. The van der Waals surface area contributed by atoms with Crippen molar-refractivity contribution in [1.82, 2.24) is 0 Å². The summed E-state index contributed by atoms with van der Waals surface area (Å²) >= 11 is 0. The van der Waals surface area contributed by atoms with Gasteiger partial charge in [-0.25, -0.2) is 0 Å². The molecule has 1 fully saturated rings. The van der Waals surface area contributed by atoms with Gasteiger partial charge in [0.2, 0.25) is 5.91 Å². The average Bonchev–Trinajstić information content (AvgIpc) is 2.93. The van der Waals surface area contributed by atoms with Crippen LogP contribution >= 0.6 is 0 Å². The number of hydrogen-bond acceptors (Lipinski definition) is 5. The average molecular weight is 294 g/mol. The van der Waals surface area contributed by atoms with Crippen molar-refractivity contribution in [3.05, 3.63) is 18.2 Å². The molecule has 1 aromatic rings. The molecule has 1 amide bonds. The van der Waals surface area contributed by atoms with E-state index < -0.39 is 5.54 Å². The molecule has 1 saturated carbocycles. The fourth-order valence-electron chi connectivity index (χ4n) is 2.51. The van der Waals surface area contributed by atoms with E-state index in [2.05, 4.69) is 5.32 Å². The number of nitrogens with one attached hydrogen (secondary N) is 1. The lowest BCUT2D eigenvalue weighted by molar-refractivity contribution is -0.121. The normalized spacial score (nSPS) is 16.5. The molecule has 0 radical (unpaired) electrons. The maximum atomic E-state index is 12.3. The molecule has 0 aliphatic heterocycles. The first-order valence-electron chi connectivity index (χ1n) is 7.11. The van der Waals surface area contributed by atoms with Gasteiger partial charge in [0.15, 0.2) is 11.5 Å². The monoisotopic (exact) mass is 294 g/mol. The molecule has 0 aromatic heterocycles. The Morgan fingerprint density at radius 2 is 2.10 bits per heavy atom.